The minimum atomic E-state index is 0.253. The third kappa shape index (κ3) is 8.67. The maximum Gasteiger partial charge on any atom is 0.0102 e. The summed E-state index contributed by atoms with van der Waals surface area (Å²) in [5.41, 5.74) is 0.455. The number of unbranched alkanes of at least 4 members (excludes halogenated alkanes) is 1. The molecule has 1 heteroatoms. The molecule has 0 fully saturated rings. The molecular formula is C12H26S. The molecule has 0 saturated heterocycles. The molecule has 0 aromatic rings. The van der Waals surface area contributed by atoms with Gasteiger partial charge in [0.1, 0.15) is 0 Å². The zero-order chi connectivity index (χ0) is 10.5. The van der Waals surface area contributed by atoms with Crippen LogP contribution in [0.15, 0.2) is 0 Å². The minimum Gasteiger partial charge on any atom is -0.173 e. The Hall–Kier alpha value is 0.350. The van der Waals surface area contributed by atoms with Crippen LogP contribution in [0.25, 0.3) is 0 Å². The predicted octanol–water partition coefficient (Wildman–Crippen LogP) is 4.69. The van der Waals surface area contributed by atoms with Crippen LogP contribution in [0.3, 0.4) is 0 Å². The van der Waals surface area contributed by atoms with E-state index in [0.29, 0.717) is 5.41 Å². The smallest absolute Gasteiger partial charge is 0.0102 e. The number of hydrogen-bond acceptors (Lipinski definition) is 1. The predicted molar refractivity (Wildman–Crippen MR) is 65.6 cm³/mol. The molecule has 0 amide bonds. The second-order valence-electron chi connectivity index (χ2n) is 5.66. The lowest BCUT2D eigenvalue weighted by Gasteiger charge is -2.28. The maximum absolute atomic E-state index is 4.73. The molecule has 0 aliphatic rings. The van der Waals surface area contributed by atoms with Gasteiger partial charge < -0.3 is 0 Å². The molecule has 13 heavy (non-hydrogen) atoms. The minimum absolute atomic E-state index is 0.253. The molecule has 1 unspecified atom stereocenters. The van der Waals surface area contributed by atoms with Crippen LogP contribution in [0.5, 0.6) is 0 Å². The fraction of sp³-hybridized carbons (Fsp3) is 1.00. The quantitative estimate of drug-likeness (QED) is 0.614. The Bertz CT molecular complexity index is 131. The van der Waals surface area contributed by atoms with Crippen molar-refractivity contribution in [3.05, 3.63) is 0 Å². The molecule has 0 bridgehead atoms. The molecule has 0 aliphatic carbocycles. The highest BCUT2D eigenvalue weighted by Crippen LogP contribution is 2.32. The zero-order valence-corrected chi connectivity index (χ0v) is 10.9. The van der Waals surface area contributed by atoms with E-state index in [1.54, 1.807) is 0 Å². The van der Waals surface area contributed by atoms with Gasteiger partial charge in [-0.3, -0.25) is 0 Å². The van der Waals surface area contributed by atoms with Crippen LogP contribution in [-0.2, 0) is 0 Å². The second kappa shape index (κ2) is 5.29. The van der Waals surface area contributed by atoms with Gasteiger partial charge in [-0.2, -0.15) is 12.6 Å². The summed E-state index contributed by atoms with van der Waals surface area (Å²) in [6, 6.07) is 0. The lowest BCUT2D eigenvalue weighted by Crippen LogP contribution is -2.19. The first-order valence-corrected chi connectivity index (χ1v) is 5.94. The summed E-state index contributed by atoms with van der Waals surface area (Å²) in [7, 11) is 0. The van der Waals surface area contributed by atoms with Crippen molar-refractivity contribution in [3.63, 3.8) is 0 Å². The Morgan fingerprint density at radius 2 is 1.46 bits per heavy atom. The van der Waals surface area contributed by atoms with Gasteiger partial charge in [0.05, 0.1) is 0 Å². The van der Waals surface area contributed by atoms with Crippen molar-refractivity contribution in [2.75, 3.05) is 0 Å². The van der Waals surface area contributed by atoms with Gasteiger partial charge in [-0.15, -0.1) is 0 Å². The first-order chi connectivity index (χ1) is 5.77. The van der Waals surface area contributed by atoms with Crippen LogP contribution in [0.1, 0.15) is 66.7 Å². The molecular weight excluding hydrogens is 176 g/mol. The Balaban J connectivity index is 3.75. The lowest BCUT2D eigenvalue weighted by atomic mass is 9.85. The van der Waals surface area contributed by atoms with Gasteiger partial charge in [-0.25, -0.2) is 0 Å². The molecule has 0 saturated carbocycles. The molecule has 0 aromatic heterocycles. The third-order valence-electron chi connectivity index (χ3n) is 2.48. The fourth-order valence-corrected chi connectivity index (χ4v) is 1.60. The van der Waals surface area contributed by atoms with Gasteiger partial charge in [0.2, 0.25) is 0 Å². The molecule has 0 heterocycles. The topological polar surface area (TPSA) is 0 Å². The fourth-order valence-electron chi connectivity index (χ4n) is 1.33. The van der Waals surface area contributed by atoms with E-state index in [1.807, 2.05) is 0 Å². The Labute approximate surface area is 89.9 Å². The zero-order valence-electron chi connectivity index (χ0n) is 9.98. The van der Waals surface area contributed by atoms with E-state index in [-0.39, 0.29) is 4.75 Å². The maximum atomic E-state index is 4.73. The Morgan fingerprint density at radius 1 is 0.923 bits per heavy atom. The Kier molecular flexibility index (Phi) is 5.43. The summed E-state index contributed by atoms with van der Waals surface area (Å²) in [5, 5.41) is 0. The third-order valence-corrected chi connectivity index (χ3v) is 2.93. The standard InChI is InChI=1S/C12H26S/c1-6-7-8-12(5,13)10-9-11(2,3)4/h13H,6-10H2,1-5H3. The summed E-state index contributed by atoms with van der Waals surface area (Å²) < 4.78 is 0.253. The van der Waals surface area contributed by atoms with Crippen LogP contribution in [0.4, 0.5) is 0 Å². The first-order valence-electron chi connectivity index (χ1n) is 5.49. The molecule has 1 atom stereocenters. The normalized spacial score (nSPS) is 17.1. The van der Waals surface area contributed by atoms with Crippen molar-refractivity contribution in [1.82, 2.24) is 0 Å². The molecule has 0 aromatic carbocycles. The number of thiol groups is 1. The SMILES string of the molecule is CCCCC(C)(S)CCC(C)(C)C. The van der Waals surface area contributed by atoms with Crippen molar-refractivity contribution in [3.8, 4) is 0 Å². The summed E-state index contributed by atoms with van der Waals surface area (Å²) in [4.78, 5) is 0. The summed E-state index contributed by atoms with van der Waals surface area (Å²) in [6.07, 6.45) is 6.36. The van der Waals surface area contributed by atoms with Crippen LogP contribution in [0, 0.1) is 5.41 Å². The molecule has 80 valence electrons. The van der Waals surface area contributed by atoms with Crippen LogP contribution < -0.4 is 0 Å². The molecule has 0 radical (unpaired) electrons. The number of rotatable bonds is 5. The van der Waals surface area contributed by atoms with Crippen LogP contribution >= 0.6 is 12.6 Å². The number of hydrogen-bond donors (Lipinski definition) is 1. The van der Waals surface area contributed by atoms with Crippen molar-refractivity contribution >= 4 is 12.6 Å². The van der Waals surface area contributed by atoms with E-state index in [2.05, 4.69) is 34.6 Å². The molecule has 0 spiro atoms. The van der Waals surface area contributed by atoms with Crippen LogP contribution in [-0.4, -0.2) is 4.75 Å². The highest BCUT2D eigenvalue weighted by molar-refractivity contribution is 7.81. The molecule has 0 rings (SSSR count). The average molecular weight is 202 g/mol. The van der Waals surface area contributed by atoms with Crippen LogP contribution in [0.2, 0.25) is 0 Å². The lowest BCUT2D eigenvalue weighted by molar-refractivity contribution is 0.336. The van der Waals surface area contributed by atoms with Gasteiger partial charge in [0.25, 0.3) is 0 Å². The summed E-state index contributed by atoms with van der Waals surface area (Å²) in [5.74, 6) is 0. The Morgan fingerprint density at radius 3 is 1.85 bits per heavy atom. The van der Waals surface area contributed by atoms with Crippen molar-refractivity contribution in [1.29, 1.82) is 0 Å². The van der Waals surface area contributed by atoms with Gasteiger partial charge in [0.15, 0.2) is 0 Å². The van der Waals surface area contributed by atoms with Crippen molar-refractivity contribution in [2.45, 2.75) is 71.5 Å². The van der Waals surface area contributed by atoms with Gasteiger partial charge in [-0.1, -0.05) is 47.5 Å². The summed E-state index contributed by atoms with van der Waals surface area (Å²) in [6.45, 7) is 11.4. The van der Waals surface area contributed by atoms with E-state index in [9.17, 15) is 0 Å². The largest absolute Gasteiger partial charge is 0.173 e. The molecule has 0 aliphatic heterocycles. The van der Waals surface area contributed by atoms with Crippen molar-refractivity contribution in [2.24, 2.45) is 5.41 Å². The van der Waals surface area contributed by atoms with Gasteiger partial charge in [-0.05, 0) is 24.7 Å². The van der Waals surface area contributed by atoms with Crippen molar-refractivity contribution < 1.29 is 0 Å². The molecule has 0 nitrogen and oxygen atoms in total. The van der Waals surface area contributed by atoms with E-state index in [1.165, 1.54) is 32.1 Å². The molecule has 0 N–H and O–H groups in total. The second-order valence-corrected chi connectivity index (χ2v) is 6.74. The van der Waals surface area contributed by atoms with E-state index < -0.39 is 0 Å². The van der Waals surface area contributed by atoms with E-state index >= 15 is 0 Å². The first kappa shape index (κ1) is 13.4. The summed E-state index contributed by atoms with van der Waals surface area (Å²) >= 11 is 4.73. The monoisotopic (exact) mass is 202 g/mol. The van der Waals surface area contributed by atoms with E-state index in [0.717, 1.165) is 0 Å². The highest BCUT2D eigenvalue weighted by atomic mass is 32.1. The van der Waals surface area contributed by atoms with Gasteiger partial charge in [0, 0.05) is 4.75 Å². The van der Waals surface area contributed by atoms with Gasteiger partial charge >= 0.3 is 0 Å². The average Bonchev–Trinajstić information content (AvgIpc) is 1.97. The van der Waals surface area contributed by atoms with E-state index in [4.69, 9.17) is 12.6 Å². The highest BCUT2D eigenvalue weighted by Gasteiger charge is 2.21.